The van der Waals surface area contributed by atoms with Crippen molar-refractivity contribution in [2.24, 2.45) is 5.11 Å². The number of azide groups is 1. The fraction of sp³-hybridized carbons (Fsp3) is 0.214. The number of para-hydroxylation sites is 3. The van der Waals surface area contributed by atoms with E-state index in [0.29, 0.717) is 13.2 Å². The summed E-state index contributed by atoms with van der Waals surface area (Å²) >= 11 is 0. The zero-order valence-electron chi connectivity index (χ0n) is 19.9. The van der Waals surface area contributed by atoms with E-state index in [1.165, 1.54) is 0 Å². The van der Waals surface area contributed by atoms with E-state index in [1.54, 1.807) is 0 Å². The Morgan fingerprint density at radius 3 is 2.47 bits per heavy atom. The van der Waals surface area contributed by atoms with E-state index in [2.05, 4.69) is 15.0 Å². The quantitative estimate of drug-likeness (QED) is 0.0931. The van der Waals surface area contributed by atoms with Crippen LogP contribution in [0.3, 0.4) is 0 Å². The Labute approximate surface area is 209 Å². The third-order valence-electron chi connectivity index (χ3n) is 5.99. The molecule has 3 aromatic carbocycles. The van der Waals surface area contributed by atoms with E-state index in [1.807, 2.05) is 89.7 Å². The van der Waals surface area contributed by atoms with Crippen LogP contribution in [0.1, 0.15) is 25.7 Å². The Morgan fingerprint density at radius 2 is 1.67 bits per heavy atom. The van der Waals surface area contributed by atoms with Gasteiger partial charge in [-0.2, -0.15) is 5.10 Å². The van der Waals surface area contributed by atoms with Gasteiger partial charge in [0.1, 0.15) is 17.3 Å². The molecule has 8 heteroatoms. The molecule has 0 aliphatic heterocycles. The van der Waals surface area contributed by atoms with Gasteiger partial charge in [0.25, 0.3) is 0 Å². The summed E-state index contributed by atoms with van der Waals surface area (Å²) in [5, 5.41) is 8.49. The van der Waals surface area contributed by atoms with Crippen molar-refractivity contribution in [3.05, 3.63) is 95.5 Å². The van der Waals surface area contributed by atoms with E-state index >= 15 is 0 Å². The highest BCUT2D eigenvalue weighted by Gasteiger charge is 2.17. The number of nitrogens with zero attached hydrogens (tertiary/aromatic N) is 6. The molecule has 0 unspecified atom stereocenters. The topological polar surface area (TPSA) is 104 Å². The average Bonchev–Trinajstić information content (AvgIpc) is 3.56. The standard InChI is InChI=1S/C28H27N7O/c29-34-30-18-8-1-2-9-19-36-23-16-14-21(15-17-23)27-24(20-35(33-27)22-10-4-3-5-11-22)28-31-25-12-6-7-13-26(25)32-28/h3-7,10-17,20H,1-2,8-9,18-19H2,(H,31,32). The molecule has 0 radical (unpaired) electrons. The van der Waals surface area contributed by atoms with Crippen LogP contribution in [-0.2, 0) is 0 Å². The number of hydrogen-bond acceptors (Lipinski definition) is 4. The van der Waals surface area contributed by atoms with Crippen molar-refractivity contribution in [2.75, 3.05) is 13.2 Å². The molecule has 2 aromatic heterocycles. The SMILES string of the molecule is [N-]=[N+]=NCCCCCCOc1ccc(-c2nn(-c3ccccc3)cc2-c2nc3ccccc3[nH]2)cc1. The van der Waals surface area contributed by atoms with E-state index in [0.717, 1.165) is 70.8 Å². The van der Waals surface area contributed by atoms with Gasteiger partial charge in [0.15, 0.2) is 0 Å². The van der Waals surface area contributed by atoms with Gasteiger partial charge in [-0.25, -0.2) is 9.67 Å². The van der Waals surface area contributed by atoms with Gasteiger partial charge in [-0.15, -0.1) is 0 Å². The van der Waals surface area contributed by atoms with Crippen LogP contribution in [0.25, 0.3) is 49.8 Å². The molecule has 0 atom stereocenters. The Bertz CT molecular complexity index is 1430. The zero-order chi connectivity index (χ0) is 24.6. The molecule has 36 heavy (non-hydrogen) atoms. The van der Waals surface area contributed by atoms with Crippen LogP contribution in [0, 0.1) is 0 Å². The van der Waals surface area contributed by atoms with Gasteiger partial charge < -0.3 is 9.72 Å². The van der Waals surface area contributed by atoms with Crippen molar-refractivity contribution in [2.45, 2.75) is 25.7 Å². The molecule has 0 amide bonds. The molecule has 180 valence electrons. The molecule has 5 aromatic rings. The van der Waals surface area contributed by atoms with Crippen LogP contribution in [0.5, 0.6) is 5.75 Å². The molecular formula is C28H27N7O. The van der Waals surface area contributed by atoms with Gasteiger partial charge in [0, 0.05) is 23.2 Å². The number of rotatable bonds is 11. The molecule has 2 heterocycles. The summed E-state index contributed by atoms with van der Waals surface area (Å²) in [7, 11) is 0. The molecular weight excluding hydrogens is 450 g/mol. The molecule has 0 saturated heterocycles. The first-order chi connectivity index (χ1) is 17.8. The van der Waals surface area contributed by atoms with E-state index in [9.17, 15) is 0 Å². The van der Waals surface area contributed by atoms with Gasteiger partial charge in [0.05, 0.1) is 28.9 Å². The van der Waals surface area contributed by atoms with Gasteiger partial charge in [-0.1, -0.05) is 48.3 Å². The summed E-state index contributed by atoms with van der Waals surface area (Å²) in [6.07, 6.45) is 6.00. The number of H-pyrrole nitrogens is 1. The first-order valence-electron chi connectivity index (χ1n) is 12.2. The van der Waals surface area contributed by atoms with Crippen LogP contribution in [0.15, 0.2) is 90.2 Å². The van der Waals surface area contributed by atoms with Gasteiger partial charge >= 0.3 is 0 Å². The third kappa shape index (κ3) is 5.40. The third-order valence-corrected chi connectivity index (χ3v) is 5.99. The van der Waals surface area contributed by atoms with Crippen molar-refractivity contribution >= 4 is 11.0 Å². The highest BCUT2D eigenvalue weighted by Crippen LogP contribution is 2.32. The maximum atomic E-state index is 8.31. The molecule has 0 fully saturated rings. The smallest absolute Gasteiger partial charge is 0.142 e. The number of aromatic nitrogens is 4. The van der Waals surface area contributed by atoms with Gasteiger partial charge in [0.2, 0.25) is 0 Å². The lowest BCUT2D eigenvalue weighted by molar-refractivity contribution is 0.305. The monoisotopic (exact) mass is 477 g/mol. The zero-order valence-corrected chi connectivity index (χ0v) is 19.9. The second-order valence-electron chi connectivity index (χ2n) is 8.52. The van der Waals surface area contributed by atoms with Crippen molar-refractivity contribution in [1.82, 2.24) is 19.7 Å². The Balaban J connectivity index is 1.34. The fourth-order valence-corrected chi connectivity index (χ4v) is 4.14. The lowest BCUT2D eigenvalue weighted by atomic mass is 10.1. The number of unbranched alkanes of at least 4 members (excludes halogenated alkanes) is 3. The highest BCUT2D eigenvalue weighted by atomic mass is 16.5. The Hall–Kier alpha value is -4.55. The predicted molar refractivity (Wildman–Crippen MR) is 142 cm³/mol. The predicted octanol–water partition coefficient (Wildman–Crippen LogP) is 7.33. The normalized spacial score (nSPS) is 10.9. The number of fused-ring (bicyclic) bond motifs is 1. The maximum absolute atomic E-state index is 8.31. The van der Waals surface area contributed by atoms with E-state index < -0.39 is 0 Å². The van der Waals surface area contributed by atoms with Crippen molar-refractivity contribution in [3.63, 3.8) is 0 Å². The number of benzene rings is 3. The Kier molecular flexibility index (Phi) is 7.25. The molecule has 0 aliphatic carbocycles. The first-order valence-corrected chi connectivity index (χ1v) is 12.2. The summed E-state index contributed by atoms with van der Waals surface area (Å²) < 4.78 is 7.82. The first kappa shape index (κ1) is 23.2. The molecule has 8 nitrogen and oxygen atoms in total. The summed E-state index contributed by atoms with van der Waals surface area (Å²) in [6, 6.07) is 26.1. The lowest BCUT2D eigenvalue weighted by Crippen LogP contribution is -1.97. The van der Waals surface area contributed by atoms with Crippen LogP contribution in [0.4, 0.5) is 0 Å². The van der Waals surface area contributed by atoms with Crippen LogP contribution in [0.2, 0.25) is 0 Å². The number of aromatic amines is 1. The largest absolute Gasteiger partial charge is 0.494 e. The van der Waals surface area contributed by atoms with Crippen LogP contribution in [-0.4, -0.2) is 32.9 Å². The number of ether oxygens (including phenoxy) is 1. The maximum Gasteiger partial charge on any atom is 0.142 e. The molecule has 0 bridgehead atoms. The highest BCUT2D eigenvalue weighted by molar-refractivity contribution is 5.84. The second kappa shape index (κ2) is 11.3. The lowest BCUT2D eigenvalue weighted by Gasteiger charge is -2.07. The number of nitrogens with one attached hydrogen (secondary N) is 1. The number of imidazole rings is 1. The van der Waals surface area contributed by atoms with Crippen molar-refractivity contribution in [1.29, 1.82) is 0 Å². The Morgan fingerprint density at radius 1 is 0.889 bits per heavy atom. The molecule has 0 spiro atoms. The molecule has 0 saturated carbocycles. The van der Waals surface area contributed by atoms with Crippen LogP contribution < -0.4 is 4.74 Å². The molecule has 5 rings (SSSR count). The summed E-state index contributed by atoms with van der Waals surface area (Å²) in [5.74, 6) is 1.62. The van der Waals surface area contributed by atoms with Crippen molar-refractivity contribution in [3.8, 4) is 34.1 Å². The summed E-state index contributed by atoms with van der Waals surface area (Å²) in [4.78, 5) is 11.0. The summed E-state index contributed by atoms with van der Waals surface area (Å²) in [5.41, 5.74) is 14.0. The van der Waals surface area contributed by atoms with E-state index in [-0.39, 0.29) is 0 Å². The second-order valence-corrected chi connectivity index (χ2v) is 8.52. The molecule has 0 aliphatic rings. The average molecular weight is 478 g/mol. The van der Waals surface area contributed by atoms with E-state index in [4.69, 9.17) is 20.4 Å². The minimum atomic E-state index is 0.564. The molecule has 1 N–H and O–H groups in total. The van der Waals surface area contributed by atoms with Gasteiger partial charge in [-0.05, 0) is 66.9 Å². The van der Waals surface area contributed by atoms with Crippen LogP contribution >= 0.6 is 0 Å². The van der Waals surface area contributed by atoms with Gasteiger partial charge in [-0.3, -0.25) is 0 Å². The minimum absolute atomic E-state index is 0.564. The summed E-state index contributed by atoms with van der Waals surface area (Å²) in [6.45, 7) is 1.22. The number of hydrogen-bond donors (Lipinski definition) is 1. The van der Waals surface area contributed by atoms with Crippen molar-refractivity contribution < 1.29 is 4.74 Å². The fourth-order valence-electron chi connectivity index (χ4n) is 4.14. The minimum Gasteiger partial charge on any atom is -0.494 e.